The Morgan fingerprint density at radius 3 is 2.78 bits per heavy atom. The number of carbonyl (C=O) groups excluding carboxylic acids is 2. The molecule has 0 N–H and O–H groups in total. The first-order chi connectivity index (χ1) is 11.1. The zero-order valence-electron chi connectivity index (χ0n) is 13.0. The predicted octanol–water partition coefficient (Wildman–Crippen LogP) is 2.21. The second kappa shape index (κ2) is 6.20. The van der Waals surface area contributed by atoms with Gasteiger partial charge in [-0.2, -0.15) is 4.98 Å². The monoisotopic (exact) mass is 315 g/mol. The van der Waals surface area contributed by atoms with Gasteiger partial charge in [-0.3, -0.25) is 4.79 Å². The van der Waals surface area contributed by atoms with Crippen LogP contribution in [0.4, 0.5) is 0 Å². The topological polar surface area (TPSA) is 85.5 Å². The van der Waals surface area contributed by atoms with Crippen LogP contribution in [0.5, 0.6) is 0 Å². The minimum atomic E-state index is -0.396. The highest BCUT2D eigenvalue weighted by atomic mass is 16.5. The van der Waals surface area contributed by atoms with Crippen molar-refractivity contribution in [3.63, 3.8) is 0 Å². The van der Waals surface area contributed by atoms with Gasteiger partial charge < -0.3 is 14.2 Å². The molecule has 1 amide bonds. The van der Waals surface area contributed by atoms with Gasteiger partial charge in [0, 0.05) is 19.0 Å². The van der Waals surface area contributed by atoms with Crippen LogP contribution >= 0.6 is 0 Å². The third kappa shape index (κ3) is 2.94. The molecular weight excluding hydrogens is 298 g/mol. The van der Waals surface area contributed by atoms with Crippen molar-refractivity contribution in [1.29, 1.82) is 0 Å². The maximum absolute atomic E-state index is 11.8. The molecule has 2 heterocycles. The number of piperidine rings is 1. The van der Waals surface area contributed by atoms with E-state index in [4.69, 9.17) is 4.52 Å². The molecule has 0 saturated carbocycles. The van der Waals surface area contributed by atoms with E-state index >= 15 is 0 Å². The molecule has 1 aromatic carbocycles. The van der Waals surface area contributed by atoms with E-state index in [0.29, 0.717) is 23.7 Å². The van der Waals surface area contributed by atoms with Crippen molar-refractivity contribution in [1.82, 2.24) is 15.0 Å². The number of aromatic nitrogens is 2. The number of amides is 1. The Morgan fingerprint density at radius 1 is 1.35 bits per heavy atom. The number of hydrogen-bond donors (Lipinski definition) is 0. The van der Waals surface area contributed by atoms with Gasteiger partial charge in [0.05, 0.1) is 12.7 Å². The van der Waals surface area contributed by atoms with Crippen LogP contribution in [0, 0.1) is 0 Å². The van der Waals surface area contributed by atoms with E-state index in [1.165, 1.54) is 7.11 Å². The fourth-order valence-corrected chi connectivity index (χ4v) is 2.64. The van der Waals surface area contributed by atoms with Gasteiger partial charge in [-0.25, -0.2) is 4.79 Å². The number of carbonyl (C=O) groups is 2. The summed E-state index contributed by atoms with van der Waals surface area (Å²) in [6.45, 7) is 0. The molecule has 0 radical (unpaired) electrons. The van der Waals surface area contributed by atoms with Crippen molar-refractivity contribution in [2.45, 2.75) is 25.3 Å². The summed E-state index contributed by atoms with van der Waals surface area (Å²) in [5.41, 5.74) is 1.19. The summed E-state index contributed by atoms with van der Waals surface area (Å²) >= 11 is 0. The number of esters is 1. The van der Waals surface area contributed by atoms with Crippen molar-refractivity contribution in [2.75, 3.05) is 14.2 Å². The van der Waals surface area contributed by atoms with E-state index < -0.39 is 5.97 Å². The molecule has 0 spiro atoms. The lowest BCUT2D eigenvalue weighted by Gasteiger charge is -2.29. The highest BCUT2D eigenvalue weighted by Crippen LogP contribution is 2.30. The largest absolute Gasteiger partial charge is 0.465 e. The minimum Gasteiger partial charge on any atom is -0.465 e. The summed E-state index contributed by atoms with van der Waals surface area (Å²) < 4.78 is 9.99. The molecule has 0 bridgehead atoms. The summed E-state index contributed by atoms with van der Waals surface area (Å²) in [4.78, 5) is 29.3. The predicted molar refractivity (Wildman–Crippen MR) is 80.4 cm³/mol. The number of likely N-dealkylation sites (tertiary alicyclic amines) is 1. The smallest absolute Gasteiger partial charge is 0.337 e. The lowest BCUT2D eigenvalue weighted by atomic mass is 10.0. The van der Waals surface area contributed by atoms with Gasteiger partial charge in [-0.15, -0.1) is 0 Å². The molecule has 7 nitrogen and oxygen atoms in total. The Hall–Kier alpha value is -2.70. The van der Waals surface area contributed by atoms with Gasteiger partial charge in [0.2, 0.25) is 17.6 Å². The second-order valence-electron chi connectivity index (χ2n) is 5.44. The van der Waals surface area contributed by atoms with E-state index in [1.807, 2.05) is 0 Å². The van der Waals surface area contributed by atoms with Crippen LogP contribution in [0.15, 0.2) is 28.8 Å². The Balaban J connectivity index is 1.81. The van der Waals surface area contributed by atoms with E-state index in [0.717, 1.165) is 18.4 Å². The van der Waals surface area contributed by atoms with Gasteiger partial charge in [-0.1, -0.05) is 17.3 Å². The van der Waals surface area contributed by atoms with Gasteiger partial charge in [-0.05, 0) is 25.0 Å². The van der Waals surface area contributed by atoms with Crippen molar-refractivity contribution in [3.05, 3.63) is 35.7 Å². The van der Waals surface area contributed by atoms with Crippen LogP contribution in [0.2, 0.25) is 0 Å². The van der Waals surface area contributed by atoms with Crippen LogP contribution in [0.25, 0.3) is 11.4 Å². The maximum atomic E-state index is 11.8. The fourth-order valence-electron chi connectivity index (χ4n) is 2.64. The molecule has 1 aromatic heterocycles. The van der Waals surface area contributed by atoms with Gasteiger partial charge in [0.25, 0.3) is 0 Å². The summed E-state index contributed by atoms with van der Waals surface area (Å²) in [6.07, 6.45) is 2.19. The highest BCUT2D eigenvalue weighted by Gasteiger charge is 2.30. The summed E-state index contributed by atoms with van der Waals surface area (Å²) in [5, 5.41) is 3.98. The third-order valence-electron chi connectivity index (χ3n) is 4.02. The number of nitrogens with zero attached hydrogens (tertiary/aromatic N) is 3. The second-order valence-corrected chi connectivity index (χ2v) is 5.44. The number of benzene rings is 1. The van der Waals surface area contributed by atoms with Crippen LogP contribution in [0.1, 0.15) is 41.6 Å². The van der Waals surface area contributed by atoms with E-state index in [9.17, 15) is 9.59 Å². The molecule has 1 aliphatic rings. The van der Waals surface area contributed by atoms with Crippen molar-refractivity contribution >= 4 is 11.9 Å². The number of rotatable bonds is 3. The molecule has 3 rings (SSSR count). The van der Waals surface area contributed by atoms with Crippen molar-refractivity contribution in [3.8, 4) is 11.4 Å². The molecule has 7 heteroatoms. The molecule has 1 atom stereocenters. The molecular formula is C16H17N3O4. The normalized spacial score (nSPS) is 18.1. The Labute approximate surface area is 133 Å². The summed E-state index contributed by atoms with van der Waals surface area (Å²) in [6, 6.07) is 6.58. The zero-order chi connectivity index (χ0) is 16.4. The van der Waals surface area contributed by atoms with Gasteiger partial charge >= 0.3 is 5.97 Å². The summed E-state index contributed by atoms with van der Waals surface area (Å²) in [7, 11) is 3.09. The van der Waals surface area contributed by atoms with E-state index in [1.54, 1.807) is 36.2 Å². The zero-order valence-corrected chi connectivity index (χ0v) is 13.0. The van der Waals surface area contributed by atoms with Crippen LogP contribution in [0.3, 0.4) is 0 Å². The molecule has 120 valence electrons. The maximum Gasteiger partial charge on any atom is 0.337 e. The average Bonchev–Trinajstić information content (AvgIpc) is 3.06. The molecule has 23 heavy (non-hydrogen) atoms. The Kier molecular flexibility index (Phi) is 4.10. The lowest BCUT2D eigenvalue weighted by Crippen LogP contribution is -2.34. The third-order valence-corrected chi connectivity index (χ3v) is 4.02. The first-order valence-corrected chi connectivity index (χ1v) is 7.38. The first-order valence-electron chi connectivity index (χ1n) is 7.38. The van der Waals surface area contributed by atoms with Crippen molar-refractivity contribution in [2.24, 2.45) is 0 Å². The van der Waals surface area contributed by atoms with Gasteiger partial charge in [0.1, 0.15) is 6.04 Å². The molecule has 1 saturated heterocycles. The quantitative estimate of drug-likeness (QED) is 0.807. The SMILES string of the molecule is COC(=O)c1ccc(-c2noc(C3CCCC(=O)N3C)n2)cc1. The van der Waals surface area contributed by atoms with E-state index in [2.05, 4.69) is 14.9 Å². The Bertz CT molecular complexity index is 723. The molecule has 1 fully saturated rings. The van der Waals surface area contributed by atoms with E-state index in [-0.39, 0.29) is 11.9 Å². The van der Waals surface area contributed by atoms with Crippen LogP contribution in [-0.2, 0) is 9.53 Å². The molecule has 1 aliphatic heterocycles. The highest BCUT2D eigenvalue weighted by molar-refractivity contribution is 5.89. The first kappa shape index (κ1) is 15.2. The number of methoxy groups -OCH3 is 1. The van der Waals surface area contributed by atoms with Crippen LogP contribution in [-0.4, -0.2) is 41.1 Å². The lowest BCUT2D eigenvalue weighted by molar-refractivity contribution is -0.135. The minimum absolute atomic E-state index is 0.0865. The number of hydrogen-bond acceptors (Lipinski definition) is 6. The molecule has 0 aliphatic carbocycles. The van der Waals surface area contributed by atoms with Crippen LogP contribution < -0.4 is 0 Å². The Morgan fingerprint density at radius 2 is 2.09 bits per heavy atom. The number of ether oxygens (including phenoxy) is 1. The fraction of sp³-hybridized carbons (Fsp3) is 0.375. The molecule has 1 unspecified atom stereocenters. The van der Waals surface area contributed by atoms with Crippen molar-refractivity contribution < 1.29 is 18.8 Å². The summed E-state index contributed by atoms with van der Waals surface area (Å²) in [5.74, 6) is 0.562. The average molecular weight is 315 g/mol. The molecule has 2 aromatic rings. The van der Waals surface area contributed by atoms with Gasteiger partial charge in [0.15, 0.2) is 0 Å². The standard InChI is InChI=1S/C16H17N3O4/c1-19-12(4-3-5-13(19)20)15-17-14(18-23-15)10-6-8-11(9-7-10)16(21)22-2/h6-9,12H,3-5H2,1-2H3.